The van der Waals surface area contributed by atoms with Crippen LogP contribution in [0.2, 0.25) is 0 Å². The van der Waals surface area contributed by atoms with Gasteiger partial charge in [-0.05, 0) is 24.6 Å². The van der Waals surface area contributed by atoms with Gasteiger partial charge in [0, 0.05) is 37.0 Å². The van der Waals surface area contributed by atoms with Gasteiger partial charge in [0.15, 0.2) is 17.4 Å². The van der Waals surface area contributed by atoms with E-state index in [9.17, 15) is 18.4 Å². The molecule has 0 aliphatic carbocycles. The van der Waals surface area contributed by atoms with Crippen molar-refractivity contribution in [2.45, 2.75) is 18.9 Å². The van der Waals surface area contributed by atoms with Gasteiger partial charge in [0.1, 0.15) is 12.4 Å². The summed E-state index contributed by atoms with van der Waals surface area (Å²) in [4.78, 5) is 33.7. The van der Waals surface area contributed by atoms with Crippen LogP contribution in [0.5, 0.6) is 11.5 Å². The summed E-state index contributed by atoms with van der Waals surface area (Å²) >= 11 is 0. The minimum atomic E-state index is -1.01. The van der Waals surface area contributed by atoms with E-state index < -0.39 is 17.6 Å². The number of nitrogens with one attached hydrogen (secondary N) is 3. The summed E-state index contributed by atoms with van der Waals surface area (Å²) in [6.07, 6.45) is 4.35. The lowest BCUT2D eigenvalue weighted by Gasteiger charge is -2.40. The molecule has 2 aliphatic heterocycles. The van der Waals surface area contributed by atoms with Crippen molar-refractivity contribution in [3.05, 3.63) is 66.1 Å². The van der Waals surface area contributed by atoms with Crippen LogP contribution in [-0.2, 0) is 11.2 Å². The quantitative estimate of drug-likeness (QED) is 0.400. The molecule has 1 saturated heterocycles. The monoisotopic (exact) mass is 509 g/mol. The lowest BCUT2D eigenvalue weighted by molar-refractivity contribution is -0.137. The second-order valence-electron chi connectivity index (χ2n) is 8.71. The molecule has 0 saturated carbocycles. The largest absolute Gasteiger partial charge is 0.492 e. The molecular weight excluding hydrogens is 484 g/mol. The summed E-state index contributed by atoms with van der Waals surface area (Å²) in [5.74, 6) is -2.17. The van der Waals surface area contributed by atoms with E-state index in [0.717, 1.165) is 5.69 Å². The number of methoxy groups -OCH3 is 1. The van der Waals surface area contributed by atoms with E-state index in [1.54, 1.807) is 18.3 Å². The molecule has 1 fully saturated rings. The zero-order valence-corrected chi connectivity index (χ0v) is 20.1. The number of rotatable bonds is 8. The summed E-state index contributed by atoms with van der Waals surface area (Å²) in [6, 6.07) is 5.90. The molecule has 2 aromatic heterocycles. The zero-order valence-electron chi connectivity index (χ0n) is 20.1. The van der Waals surface area contributed by atoms with Crippen LogP contribution in [0.4, 0.5) is 20.2 Å². The van der Waals surface area contributed by atoms with E-state index >= 15 is 0 Å². The SMILES string of the molecule is C=C(F)C(=O)N1CC[C@@H]1COc1cnccc1-c1[nH]c2c(c1Nc1cccc(F)c1OC)C(=O)NCC2. The van der Waals surface area contributed by atoms with Crippen LogP contribution in [0.25, 0.3) is 11.3 Å². The Morgan fingerprint density at radius 3 is 2.92 bits per heavy atom. The molecule has 4 heterocycles. The van der Waals surface area contributed by atoms with Crippen molar-refractivity contribution in [2.75, 3.05) is 32.1 Å². The highest BCUT2D eigenvalue weighted by Crippen LogP contribution is 2.42. The van der Waals surface area contributed by atoms with Gasteiger partial charge < -0.3 is 30.0 Å². The second kappa shape index (κ2) is 9.92. The lowest BCUT2D eigenvalue weighted by atomic mass is 10.0. The van der Waals surface area contributed by atoms with Crippen molar-refractivity contribution in [2.24, 2.45) is 0 Å². The van der Waals surface area contributed by atoms with Gasteiger partial charge in [0.25, 0.3) is 11.8 Å². The van der Waals surface area contributed by atoms with Gasteiger partial charge in [-0.15, -0.1) is 0 Å². The highest BCUT2D eigenvalue weighted by atomic mass is 19.1. The first-order valence-electron chi connectivity index (χ1n) is 11.7. The normalized spacial score (nSPS) is 16.4. The lowest BCUT2D eigenvalue weighted by Crippen LogP contribution is -2.54. The topological polar surface area (TPSA) is 109 Å². The predicted octanol–water partition coefficient (Wildman–Crippen LogP) is 3.72. The van der Waals surface area contributed by atoms with E-state index in [0.29, 0.717) is 59.9 Å². The number of hydrogen-bond donors (Lipinski definition) is 3. The zero-order chi connectivity index (χ0) is 26.1. The second-order valence-corrected chi connectivity index (χ2v) is 8.71. The number of fused-ring (bicyclic) bond motifs is 1. The number of likely N-dealkylation sites (tertiary alicyclic amines) is 1. The smallest absolute Gasteiger partial charge is 0.282 e. The van der Waals surface area contributed by atoms with E-state index in [1.165, 1.54) is 30.3 Å². The molecule has 0 radical (unpaired) electrons. The molecule has 2 aliphatic rings. The minimum absolute atomic E-state index is 0.00927. The Bertz CT molecular complexity index is 1390. The maximum absolute atomic E-state index is 14.4. The number of benzene rings is 1. The number of aromatic nitrogens is 2. The number of para-hydroxylation sites is 1. The molecular formula is C26H25F2N5O4. The van der Waals surface area contributed by atoms with E-state index in [2.05, 4.69) is 27.2 Å². The summed E-state index contributed by atoms with van der Waals surface area (Å²) in [6.45, 7) is 4.10. The summed E-state index contributed by atoms with van der Waals surface area (Å²) in [7, 11) is 1.37. The Morgan fingerprint density at radius 1 is 1.35 bits per heavy atom. The Labute approximate surface area is 211 Å². The first kappa shape index (κ1) is 24.3. The average molecular weight is 510 g/mol. The fourth-order valence-corrected chi connectivity index (χ4v) is 4.58. The molecule has 1 atom stereocenters. The molecule has 2 amide bonds. The molecule has 11 heteroatoms. The van der Waals surface area contributed by atoms with Crippen LogP contribution in [0.15, 0.2) is 49.1 Å². The molecule has 37 heavy (non-hydrogen) atoms. The molecule has 3 aromatic rings. The van der Waals surface area contributed by atoms with E-state index in [1.807, 2.05) is 0 Å². The number of H-pyrrole nitrogens is 1. The number of pyridine rings is 1. The van der Waals surface area contributed by atoms with Gasteiger partial charge in [-0.2, -0.15) is 0 Å². The Balaban J connectivity index is 1.51. The number of ether oxygens (including phenoxy) is 2. The number of anilines is 2. The van der Waals surface area contributed by atoms with Gasteiger partial charge in [0.05, 0.1) is 42.0 Å². The summed E-state index contributed by atoms with van der Waals surface area (Å²) in [5, 5.41) is 6.02. The third-order valence-corrected chi connectivity index (χ3v) is 6.52. The van der Waals surface area contributed by atoms with Crippen molar-refractivity contribution in [1.29, 1.82) is 0 Å². The average Bonchev–Trinajstić information content (AvgIpc) is 3.23. The van der Waals surface area contributed by atoms with Crippen molar-refractivity contribution < 1.29 is 27.8 Å². The van der Waals surface area contributed by atoms with Crippen molar-refractivity contribution in [3.8, 4) is 22.8 Å². The van der Waals surface area contributed by atoms with Crippen LogP contribution in [0.3, 0.4) is 0 Å². The van der Waals surface area contributed by atoms with Crippen LogP contribution in [0.1, 0.15) is 22.5 Å². The van der Waals surface area contributed by atoms with Crippen LogP contribution in [-0.4, -0.2) is 59.5 Å². The molecule has 0 unspecified atom stereocenters. The van der Waals surface area contributed by atoms with Gasteiger partial charge in [0.2, 0.25) is 0 Å². The molecule has 0 bridgehead atoms. The van der Waals surface area contributed by atoms with Gasteiger partial charge in [-0.1, -0.05) is 12.6 Å². The van der Waals surface area contributed by atoms with Crippen LogP contribution >= 0.6 is 0 Å². The Kier molecular flexibility index (Phi) is 6.51. The predicted molar refractivity (Wildman–Crippen MR) is 132 cm³/mol. The third-order valence-electron chi connectivity index (χ3n) is 6.52. The Hall–Kier alpha value is -4.41. The number of halogens is 2. The maximum atomic E-state index is 14.4. The van der Waals surface area contributed by atoms with Crippen molar-refractivity contribution in [1.82, 2.24) is 20.2 Å². The number of carbonyl (C=O) groups is 2. The molecule has 1 aromatic carbocycles. The van der Waals surface area contributed by atoms with Crippen molar-refractivity contribution in [3.63, 3.8) is 0 Å². The molecule has 0 spiro atoms. The number of amides is 2. The van der Waals surface area contributed by atoms with Crippen molar-refractivity contribution >= 4 is 23.2 Å². The molecule has 192 valence electrons. The number of aromatic amines is 1. The number of carbonyl (C=O) groups excluding carboxylic acids is 2. The maximum Gasteiger partial charge on any atom is 0.282 e. The van der Waals surface area contributed by atoms with Gasteiger partial charge in [-0.3, -0.25) is 14.6 Å². The van der Waals surface area contributed by atoms with E-state index in [-0.39, 0.29) is 24.3 Å². The van der Waals surface area contributed by atoms with Gasteiger partial charge >= 0.3 is 0 Å². The van der Waals surface area contributed by atoms with Gasteiger partial charge in [-0.25, -0.2) is 8.78 Å². The first-order valence-corrected chi connectivity index (χ1v) is 11.7. The first-order chi connectivity index (χ1) is 17.9. The molecule has 9 nitrogen and oxygen atoms in total. The van der Waals surface area contributed by atoms with E-state index in [4.69, 9.17) is 9.47 Å². The summed E-state index contributed by atoms with van der Waals surface area (Å²) in [5.41, 5.74) is 3.05. The number of hydrogen-bond acceptors (Lipinski definition) is 6. The highest BCUT2D eigenvalue weighted by Gasteiger charge is 2.34. The fraction of sp³-hybridized carbons (Fsp3) is 0.269. The highest BCUT2D eigenvalue weighted by molar-refractivity contribution is 6.06. The van der Waals surface area contributed by atoms with Crippen LogP contribution in [0, 0.1) is 5.82 Å². The Morgan fingerprint density at radius 2 is 2.19 bits per heavy atom. The molecule has 5 rings (SSSR count). The number of nitrogens with zero attached hydrogens (tertiary/aromatic N) is 2. The molecule has 3 N–H and O–H groups in total. The summed E-state index contributed by atoms with van der Waals surface area (Å²) < 4.78 is 39.0. The minimum Gasteiger partial charge on any atom is -0.492 e. The van der Waals surface area contributed by atoms with Crippen LogP contribution < -0.4 is 20.1 Å². The standard InChI is InChI=1S/C26H25F2N5O4/c1-14(27)26(35)33-11-8-15(33)13-37-20-12-29-9-6-16(20)22-23(21-18(31-22)7-10-30-25(21)34)32-19-5-3-4-17(28)24(19)36-2/h3-6,9,12,15,31-32H,1,7-8,10-11,13H2,2H3,(H,30,34)/t15-/m1/s1. The fourth-order valence-electron chi connectivity index (χ4n) is 4.58. The third kappa shape index (κ3) is 4.48.